The number of ketones is 1. The number of amides is 2. The van der Waals surface area contributed by atoms with Gasteiger partial charge >= 0.3 is 6.09 Å². The summed E-state index contributed by atoms with van der Waals surface area (Å²) in [5, 5.41) is 14.3. The summed E-state index contributed by atoms with van der Waals surface area (Å²) in [5.74, 6) is -1.24. The number of carbonyl (C=O) groups is 3. The zero-order valence-corrected chi connectivity index (χ0v) is 19.6. The van der Waals surface area contributed by atoms with Crippen molar-refractivity contribution < 1.29 is 28.2 Å². The molecule has 0 aliphatic carbocycles. The number of ether oxygens (including phenoxy) is 2. The summed E-state index contributed by atoms with van der Waals surface area (Å²) in [6.45, 7) is -0.425. The van der Waals surface area contributed by atoms with Gasteiger partial charge in [-0.05, 0) is 47.5 Å². The van der Waals surface area contributed by atoms with E-state index in [1.807, 2.05) is 0 Å². The molecule has 10 heteroatoms. The van der Waals surface area contributed by atoms with Crippen LogP contribution in [0.15, 0.2) is 72.8 Å². The van der Waals surface area contributed by atoms with Crippen molar-refractivity contribution in [2.24, 2.45) is 0 Å². The summed E-state index contributed by atoms with van der Waals surface area (Å²) in [6.07, 6.45) is -0.822. The Labute approximate surface area is 211 Å². The molecule has 3 aromatic rings. The molecule has 3 aromatic carbocycles. The number of hydrogen-bond donors (Lipinski definition) is 2. The highest BCUT2D eigenvalue weighted by Crippen LogP contribution is 2.23. The van der Waals surface area contributed by atoms with Crippen LogP contribution in [0.3, 0.4) is 0 Å². The molecular weight excluding hydrogens is 489 g/mol. The molecule has 0 saturated heterocycles. The molecule has 0 bridgehead atoms. The first-order chi connectivity index (χ1) is 17.3. The molecule has 1 unspecified atom stereocenters. The quantitative estimate of drug-likeness (QED) is 0.390. The lowest BCUT2D eigenvalue weighted by Crippen LogP contribution is -2.44. The minimum Gasteiger partial charge on any atom is -0.489 e. The molecule has 0 fully saturated rings. The minimum atomic E-state index is -1.25. The van der Waals surface area contributed by atoms with Gasteiger partial charge in [-0.1, -0.05) is 48.0 Å². The van der Waals surface area contributed by atoms with Gasteiger partial charge in [0.15, 0.2) is 0 Å². The second-order valence-electron chi connectivity index (χ2n) is 7.54. The molecular formula is C26H21ClFN3O5. The van der Waals surface area contributed by atoms with Crippen LogP contribution < -0.4 is 15.4 Å². The molecule has 2 amide bonds. The molecule has 0 aliphatic rings. The predicted molar refractivity (Wildman–Crippen MR) is 130 cm³/mol. The first-order valence-electron chi connectivity index (χ1n) is 10.7. The van der Waals surface area contributed by atoms with Crippen LogP contribution in [0.1, 0.15) is 11.1 Å². The van der Waals surface area contributed by atoms with Crippen LogP contribution in [0, 0.1) is 17.1 Å². The molecule has 0 radical (unpaired) electrons. The normalized spacial score (nSPS) is 11.0. The number of carbonyl (C=O) groups excluding carboxylic acids is 3. The SMILES string of the molecule is N#CC(=O)C(COc1ccccc1Cl)NC(=O)OCc1ccc(NC(=O)Cc2ccc(F)cc2)cc1. The van der Waals surface area contributed by atoms with Crippen LogP contribution in [0.2, 0.25) is 5.02 Å². The number of nitrogens with zero attached hydrogens (tertiary/aromatic N) is 1. The van der Waals surface area contributed by atoms with E-state index in [0.29, 0.717) is 27.6 Å². The molecule has 36 heavy (non-hydrogen) atoms. The zero-order valence-electron chi connectivity index (χ0n) is 18.9. The number of benzene rings is 3. The average molecular weight is 510 g/mol. The van der Waals surface area contributed by atoms with Crippen LogP contribution in [0.5, 0.6) is 5.75 Å². The van der Waals surface area contributed by atoms with Gasteiger partial charge in [-0.25, -0.2) is 9.18 Å². The second-order valence-corrected chi connectivity index (χ2v) is 7.95. The van der Waals surface area contributed by atoms with Gasteiger partial charge in [0.05, 0.1) is 11.4 Å². The number of alkyl carbamates (subject to hydrolysis) is 1. The number of rotatable bonds is 10. The Bertz CT molecular complexity index is 1260. The zero-order chi connectivity index (χ0) is 25.9. The van der Waals surface area contributed by atoms with Gasteiger partial charge < -0.3 is 20.1 Å². The van der Waals surface area contributed by atoms with E-state index < -0.39 is 17.9 Å². The molecule has 0 heterocycles. The van der Waals surface area contributed by atoms with Gasteiger partial charge in [0, 0.05) is 5.69 Å². The van der Waals surface area contributed by atoms with Crippen molar-refractivity contribution in [3.05, 3.63) is 94.8 Å². The van der Waals surface area contributed by atoms with E-state index in [4.69, 9.17) is 26.3 Å². The Morgan fingerprint density at radius 1 is 0.972 bits per heavy atom. The Balaban J connectivity index is 1.47. The third-order valence-corrected chi connectivity index (χ3v) is 5.16. The monoisotopic (exact) mass is 509 g/mol. The Hall–Kier alpha value is -4.42. The van der Waals surface area contributed by atoms with Crippen LogP contribution >= 0.6 is 11.6 Å². The second kappa shape index (κ2) is 12.9. The fraction of sp³-hybridized carbons (Fsp3) is 0.154. The van der Waals surface area contributed by atoms with Crippen LogP contribution in [-0.2, 0) is 27.4 Å². The molecule has 8 nitrogen and oxygen atoms in total. The number of hydrogen-bond acceptors (Lipinski definition) is 6. The van der Waals surface area contributed by atoms with Crippen molar-refractivity contribution in [2.45, 2.75) is 19.1 Å². The minimum absolute atomic E-state index is 0.0914. The lowest BCUT2D eigenvalue weighted by Gasteiger charge is -2.16. The average Bonchev–Trinajstić information content (AvgIpc) is 2.88. The Morgan fingerprint density at radius 2 is 1.64 bits per heavy atom. The predicted octanol–water partition coefficient (Wildman–Crippen LogP) is 4.43. The maximum absolute atomic E-state index is 13.0. The van der Waals surface area contributed by atoms with Gasteiger partial charge in [0.25, 0.3) is 5.78 Å². The van der Waals surface area contributed by atoms with Crippen molar-refractivity contribution in [2.75, 3.05) is 11.9 Å². The molecule has 3 rings (SSSR count). The molecule has 0 aromatic heterocycles. The van der Waals surface area contributed by atoms with Crippen molar-refractivity contribution >= 4 is 35.1 Å². The van der Waals surface area contributed by atoms with E-state index >= 15 is 0 Å². The van der Waals surface area contributed by atoms with E-state index in [9.17, 15) is 18.8 Å². The summed E-state index contributed by atoms with van der Waals surface area (Å²) >= 11 is 6.00. The van der Waals surface area contributed by atoms with Gasteiger partial charge in [-0.2, -0.15) is 5.26 Å². The maximum atomic E-state index is 13.0. The van der Waals surface area contributed by atoms with Crippen molar-refractivity contribution in [3.63, 3.8) is 0 Å². The first kappa shape index (κ1) is 26.2. The fourth-order valence-electron chi connectivity index (χ4n) is 3.01. The number of nitrogens with one attached hydrogen (secondary N) is 2. The smallest absolute Gasteiger partial charge is 0.408 e. The standard InChI is InChI=1S/C26H21ClFN3O5/c27-21-3-1-2-4-24(21)35-16-22(23(32)14-29)31-26(34)36-15-18-7-11-20(12-8-18)30-25(33)13-17-5-9-19(28)10-6-17/h1-12,22H,13,15-16H2,(H,30,33)(H,31,34). The van der Waals surface area contributed by atoms with E-state index in [0.717, 1.165) is 0 Å². The van der Waals surface area contributed by atoms with Gasteiger partial charge in [0.1, 0.15) is 36.9 Å². The highest BCUT2D eigenvalue weighted by atomic mass is 35.5. The summed E-state index contributed by atoms with van der Waals surface area (Å²) < 4.78 is 23.5. The number of para-hydroxylation sites is 1. The molecule has 0 aliphatic heterocycles. The van der Waals surface area contributed by atoms with E-state index in [-0.39, 0.29) is 31.4 Å². The largest absolute Gasteiger partial charge is 0.489 e. The number of Topliss-reactive ketones (excluding diaryl/α,β-unsaturated/α-hetero) is 1. The van der Waals surface area contributed by atoms with Crippen LogP contribution in [0.25, 0.3) is 0 Å². The molecule has 0 spiro atoms. The lowest BCUT2D eigenvalue weighted by molar-refractivity contribution is -0.116. The molecule has 184 valence electrons. The van der Waals surface area contributed by atoms with Gasteiger partial charge in [0.2, 0.25) is 5.91 Å². The van der Waals surface area contributed by atoms with Crippen molar-refractivity contribution in [3.8, 4) is 11.8 Å². The van der Waals surface area contributed by atoms with E-state index in [2.05, 4.69) is 10.6 Å². The van der Waals surface area contributed by atoms with E-state index in [1.165, 1.54) is 30.3 Å². The van der Waals surface area contributed by atoms with Crippen molar-refractivity contribution in [1.82, 2.24) is 5.32 Å². The topological polar surface area (TPSA) is 118 Å². The third kappa shape index (κ3) is 8.11. The van der Waals surface area contributed by atoms with Gasteiger partial charge in [-0.15, -0.1) is 0 Å². The summed E-state index contributed by atoms with van der Waals surface area (Å²) in [7, 11) is 0. The van der Waals surface area contributed by atoms with Crippen molar-refractivity contribution in [1.29, 1.82) is 5.26 Å². The molecule has 1 atom stereocenters. The van der Waals surface area contributed by atoms with Crippen LogP contribution in [-0.4, -0.2) is 30.4 Å². The Morgan fingerprint density at radius 3 is 2.31 bits per heavy atom. The first-order valence-corrected chi connectivity index (χ1v) is 11.1. The fourth-order valence-corrected chi connectivity index (χ4v) is 3.20. The molecule has 0 saturated carbocycles. The highest BCUT2D eigenvalue weighted by Gasteiger charge is 2.22. The van der Waals surface area contributed by atoms with Gasteiger partial charge in [-0.3, -0.25) is 9.59 Å². The Kier molecular flexibility index (Phi) is 9.37. The van der Waals surface area contributed by atoms with Crippen LogP contribution in [0.4, 0.5) is 14.9 Å². The lowest BCUT2D eigenvalue weighted by atomic mass is 10.1. The summed E-state index contributed by atoms with van der Waals surface area (Å²) in [5.41, 5.74) is 1.83. The van der Waals surface area contributed by atoms with E-state index in [1.54, 1.807) is 48.5 Å². The highest BCUT2D eigenvalue weighted by molar-refractivity contribution is 6.32. The third-order valence-electron chi connectivity index (χ3n) is 4.85. The number of nitriles is 1. The number of halogens is 2. The maximum Gasteiger partial charge on any atom is 0.408 e. The summed E-state index contributed by atoms with van der Waals surface area (Å²) in [6, 6.07) is 19.0. The molecule has 2 N–H and O–H groups in total. The number of anilines is 1. The summed E-state index contributed by atoms with van der Waals surface area (Å²) in [4.78, 5) is 36.2.